The molecule has 1 aliphatic heterocycles. The molecule has 29 heavy (non-hydrogen) atoms. The van der Waals surface area contributed by atoms with E-state index < -0.39 is 11.5 Å². The third-order valence-corrected chi connectivity index (χ3v) is 5.19. The number of rotatable bonds is 5. The number of carbonyl (C=O) groups excluding carboxylic acids is 2. The number of hydrogen-bond acceptors (Lipinski definition) is 3. The fourth-order valence-corrected chi connectivity index (χ4v) is 3.73. The summed E-state index contributed by atoms with van der Waals surface area (Å²) in [6, 6.07) is 18.1. The molecule has 2 amide bonds. The maximum absolute atomic E-state index is 12.7. The molecule has 5 heteroatoms. The van der Waals surface area contributed by atoms with Gasteiger partial charge in [0.15, 0.2) is 5.60 Å². The average molecular weight is 395 g/mol. The van der Waals surface area contributed by atoms with Gasteiger partial charge in [-0.25, -0.2) is 0 Å². The minimum Gasteiger partial charge on any atom is -0.367 e. The minimum absolute atomic E-state index is 0.0319. The van der Waals surface area contributed by atoms with Gasteiger partial charge in [-0.05, 0) is 22.1 Å². The zero-order chi connectivity index (χ0) is 21.1. The Kier molecular flexibility index (Phi) is 6.08. The second kappa shape index (κ2) is 8.37. The molecule has 3 rings (SSSR count). The molecule has 1 fully saturated rings. The van der Waals surface area contributed by atoms with Crippen LogP contribution in [0.25, 0.3) is 11.1 Å². The quantitative estimate of drug-likeness (QED) is 0.845. The summed E-state index contributed by atoms with van der Waals surface area (Å²) in [6.07, 6.45) is 0.758. The summed E-state index contributed by atoms with van der Waals surface area (Å²) >= 11 is 0. The highest BCUT2D eigenvalue weighted by molar-refractivity contribution is 5.86. The Morgan fingerprint density at radius 1 is 1.07 bits per heavy atom. The fourth-order valence-electron chi connectivity index (χ4n) is 3.73. The number of ether oxygens (including phenoxy) is 1. The molecule has 0 aliphatic carbocycles. The smallest absolute Gasteiger partial charge is 0.251 e. The van der Waals surface area contributed by atoms with E-state index in [-0.39, 0.29) is 17.9 Å². The van der Waals surface area contributed by atoms with Crippen LogP contribution in [0.1, 0.15) is 32.8 Å². The molecule has 0 radical (unpaired) electrons. The highest BCUT2D eigenvalue weighted by Crippen LogP contribution is 2.28. The van der Waals surface area contributed by atoms with Crippen molar-refractivity contribution >= 4 is 11.8 Å². The summed E-state index contributed by atoms with van der Waals surface area (Å²) in [6.45, 7) is 7.06. The van der Waals surface area contributed by atoms with Crippen molar-refractivity contribution in [2.75, 3.05) is 19.7 Å². The van der Waals surface area contributed by atoms with Crippen molar-refractivity contribution in [3.05, 3.63) is 60.2 Å². The van der Waals surface area contributed by atoms with E-state index in [4.69, 9.17) is 10.5 Å². The Morgan fingerprint density at radius 2 is 1.76 bits per heavy atom. The van der Waals surface area contributed by atoms with E-state index in [1.165, 1.54) is 0 Å². The number of nitrogens with zero attached hydrogens (tertiary/aromatic N) is 1. The summed E-state index contributed by atoms with van der Waals surface area (Å²) in [5.74, 6) is -0.500. The molecule has 2 aromatic rings. The molecule has 2 aromatic carbocycles. The van der Waals surface area contributed by atoms with Crippen molar-refractivity contribution in [3.63, 3.8) is 0 Å². The van der Waals surface area contributed by atoms with E-state index in [1.807, 2.05) is 69.3 Å². The lowest BCUT2D eigenvalue weighted by Gasteiger charge is -2.41. The van der Waals surface area contributed by atoms with Crippen LogP contribution in [-0.2, 0) is 20.7 Å². The van der Waals surface area contributed by atoms with E-state index in [0.717, 1.165) is 16.7 Å². The standard InChI is InChI=1S/C24H30N2O3/c1-23(2,3)16-21(27)26-12-13-29-24(17-26,22(25)28)15-18-8-7-11-20(14-18)19-9-5-4-6-10-19/h4-11,14H,12-13,15-17H2,1-3H3,(H2,25,28). The molecule has 1 unspecified atom stereocenters. The maximum atomic E-state index is 12.7. The zero-order valence-corrected chi connectivity index (χ0v) is 17.5. The molecule has 1 aliphatic rings. The largest absolute Gasteiger partial charge is 0.367 e. The molecule has 1 heterocycles. The van der Waals surface area contributed by atoms with E-state index in [0.29, 0.717) is 26.0 Å². The van der Waals surface area contributed by atoms with Gasteiger partial charge in [0.05, 0.1) is 13.2 Å². The highest BCUT2D eigenvalue weighted by Gasteiger charge is 2.44. The lowest BCUT2D eigenvalue weighted by molar-refractivity contribution is -0.164. The normalized spacial score (nSPS) is 19.8. The Balaban J connectivity index is 1.83. The maximum Gasteiger partial charge on any atom is 0.251 e. The van der Waals surface area contributed by atoms with Crippen LogP contribution in [-0.4, -0.2) is 42.0 Å². The third-order valence-electron chi connectivity index (χ3n) is 5.19. The number of nitrogens with two attached hydrogens (primary N) is 1. The average Bonchev–Trinajstić information content (AvgIpc) is 2.68. The van der Waals surface area contributed by atoms with Gasteiger partial charge >= 0.3 is 0 Å². The van der Waals surface area contributed by atoms with Crippen molar-refractivity contribution in [1.82, 2.24) is 4.90 Å². The predicted octanol–water partition coefficient (Wildman–Crippen LogP) is 3.42. The van der Waals surface area contributed by atoms with Gasteiger partial charge in [-0.1, -0.05) is 75.4 Å². The first-order chi connectivity index (χ1) is 13.7. The van der Waals surface area contributed by atoms with Crippen molar-refractivity contribution in [2.45, 2.75) is 39.2 Å². The van der Waals surface area contributed by atoms with Gasteiger partial charge in [-0.3, -0.25) is 9.59 Å². The molecule has 1 atom stereocenters. The van der Waals surface area contributed by atoms with Crippen LogP contribution in [0, 0.1) is 5.41 Å². The van der Waals surface area contributed by atoms with Crippen molar-refractivity contribution < 1.29 is 14.3 Å². The molecular formula is C24H30N2O3. The summed E-state index contributed by atoms with van der Waals surface area (Å²) in [7, 11) is 0. The second-order valence-corrected chi connectivity index (χ2v) is 9.00. The third kappa shape index (κ3) is 5.24. The Labute approximate surface area is 172 Å². The van der Waals surface area contributed by atoms with E-state index in [1.54, 1.807) is 4.90 Å². The zero-order valence-electron chi connectivity index (χ0n) is 17.5. The summed E-state index contributed by atoms with van der Waals surface area (Å²) < 4.78 is 5.92. The molecule has 154 valence electrons. The van der Waals surface area contributed by atoms with Gasteiger partial charge in [-0.2, -0.15) is 0 Å². The van der Waals surface area contributed by atoms with Crippen LogP contribution >= 0.6 is 0 Å². The van der Waals surface area contributed by atoms with Crippen LogP contribution in [0.15, 0.2) is 54.6 Å². The molecule has 1 saturated heterocycles. The van der Waals surface area contributed by atoms with Crippen molar-refractivity contribution in [3.8, 4) is 11.1 Å². The Morgan fingerprint density at radius 3 is 2.41 bits per heavy atom. The van der Waals surface area contributed by atoms with Crippen LogP contribution in [0.3, 0.4) is 0 Å². The summed E-state index contributed by atoms with van der Waals surface area (Å²) in [5, 5.41) is 0. The van der Waals surface area contributed by atoms with Gasteiger partial charge in [0, 0.05) is 19.4 Å². The number of carbonyl (C=O) groups is 2. The molecule has 0 spiro atoms. The van der Waals surface area contributed by atoms with Crippen LogP contribution in [0.4, 0.5) is 0 Å². The van der Waals surface area contributed by atoms with Gasteiger partial charge in [-0.15, -0.1) is 0 Å². The fraction of sp³-hybridized carbons (Fsp3) is 0.417. The van der Waals surface area contributed by atoms with Gasteiger partial charge in [0.25, 0.3) is 5.91 Å². The molecule has 0 aromatic heterocycles. The topological polar surface area (TPSA) is 72.6 Å². The molecule has 5 nitrogen and oxygen atoms in total. The highest BCUT2D eigenvalue weighted by atomic mass is 16.5. The molecule has 0 bridgehead atoms. The number of morpholine rings is 1. The van der Waals surface area contributed by atoms with E-state index in [2.05, 4.69) is 6.07 Å². The van der Waals surface area contributed by atoms with Crippen LogP contribution < -0.4 is 5.73 Å². The van der Waals surface area contributed by atoms with Gasteiger partial charge in [0.2, 0.25) is 5.91 Å². The molecule has 0 saturated carbocycles. The van der Waals surface area contributed by atoms with E-state index >= 15 is 0 Å². The first-order valence-electron chi connectivity index (χ1n) is 10.0. The molecule has 2 N–H and O–H groups in total. The number of amides is 2. The minimum atomic E-state index is -1.21. The van der Waals surface area contributed by atoms with Gasteiger partial charge < -0.3 is 15.4 Å². The Hall–Kier alpha value is -2.66. The second-order valence-electron chi connectivity index (χ2n) is 9.00. The van der Waals surface area contributed by atoms with Crippen molar-refractivity contribution in [2.24, 2.45) is 11.1 Å². The first-order valence-corrected chi connectivity index (χ1v) is 10.0. The SMILES string of the molecule is CC(C)(C)CC(=O)N1CCOC(Cc2cccc(-c3ccccc3)c2)(C(N)=O)C1. The van der Waals surface area contributed by atoms with E-state index in [9.17, 15) is 9.59 Å². The number of hydrogen-bond donors (Lipinski definition) is 1. The first kappa shape index (κ1) is 21.1. The monoisotopic (exact) mass is 394 g/mol. The summed E-state index contributed by atoms with van der Waals surface area (Å²) in [5.41, 5.74) is 7.59. The van der Waals surface area contributed by atoms with Crippen LogP contribution in [0.2, 0.25) is 0 Å². The van der Waals surface area contributed by atoms with Gasteiger partial charge in [0.1, 0.15) is 0 Å². The van der Waals surface area contributed by atoms with Crippen molar-refractivity contribution in [1.29, 1.82) is 0 Å². The number of benzene rings is 2. The number of primary amides is 1. The van der Waals surface area contributed by atoms with Crippen LogP contribution in [0.5, 0.6) is 0 Å². The predicted molar refractivity (Wildman–Crippen MR) is 114 cm³/mol. The summed E-state index contributed by atoms with van der Waals surface area (Å²) in [4.78, 5) is 26.9. The Bertz CT molecular complexity index is 873. The lowest BCUT2D eigenvalue weighted by atomic mass is 9.88. The molecular weight excluding hydrogens is 364 g/mol. The lowest BCUT2D eigenvalue weighted by Crippen LogP contribution is -2.61.